The molecular formula is C26H32U. The molecule has 0 nitrogen and oxygen atoms in total. The summed E-state index contributed by atoms with van der Waals surface area (Å²) >= 11 is 0. The first kappa shape index (κ1) is 25.7. The SMILES string of the molecule is C[C-](C)C.C[C-](C)C.[U+4].c1ccc2[cH-]ccc2c1.c1ccc2[cH-]ccc2c1. The van der Waals surface area contributed by atoms with Crippen molar-refractivity contribution in [2.24, 2.45) is 0 Å². The first-order valence-corrected chi connectivity index (χ1v) is 9.14. The van der Waals surface area contributed by atoms with E-state index in [0.29, 0.717) is 0 Å². The monoisotopic (exact) mass is 582 g/mol. The Bertz CT molecular complexity index is 695. The predicted octanol–water partition coefficient (Wildman–Crippen LogP) is 8.36. The standard InChI is InChI=1S/2C9H7.2C4H9.U/c2*1-2-5-9-7-3-6-8(9)4-1;2*1-4(2)3;/h2*1-7H;2*1-3H3;/q4*-1;+4. The maximum Gasteiger partial charge on any atom is 4.00 e. The smallest absolute Gasteiger partial charge is 0.323 e. The molecule has 0 saturated heterocycles. The van der Waals surface area contributed by atoms with Gasteiger partial charge in [0.2, 0.25) is 0 Å². The van der Waals surface area contributed by atoms with Crippen LogP contribution in [0, 0.1) is 42.9 Å². The number of fused-ring (bicyclic) bond motifs is 2. The quantitative estimate of drug-likeness (QED) is 0.183. The van der Waals surface area contributed by atoms with Gasteiger partial charge in [-0.25, -0.2) is 0 Å². The Morgan fingerprint density at radius 1 is 0.519 bits per heavy atom. The van der Waals surface area contributed by atoms with Crippen molar-refractivity contribution in [3.8, 4) is 0 Å². The van der Waals surface area contributed by atoms with Gasteiger partial charge in [0.1, 0.15) is 0 Å². The summed E-state index contributed by atoms with van der Waals surface area (Å²) < 4.78 is 0. The minimum Gasteiger partial charge on any atom is -0.323 e. The van der Waals surface area contributed by atoms with Gasteiger partial charge in [0, 0.05) is 0 Å². The Labute approximate surface area is 190 Å². The summed E-state index contributed by atoms with van der Waals surface area (Å²) in [6, 6.07) is 29.3. The van der Waals surface area contributed by atoms with Crippen LogP contribution in [0.1, 0.15) is 41.5 Å². The van der Waals surface area contributed by atoms with E-state index in [2.05, 4.69) is 126 Å². The minimum atomic E-state index is 0. The molecule has 0 heterocycles. The van der Waals surface area contributed by atoms with Gasteiger partial charge < -0.3 is 11.8 Å². The van der Waals surface area contributed by atoms with Gasteiger partial charge in [0.15, 0.2) is 0 Å². The Morgan fingerprint density at radius 2 is 0.815 bits per heavy atom. The van der Waals surface area contributed by atoms with E-state index >= 15 is 0 Å². The van der Waals surface area contributed by atoms with Gasteiger partial charge in [-0.05, 0) is 0 Å². The topological polar surface area (TPSA) is 0 Å². The molecule has 4 aromatic carbocycles. The molecule has 0 saturated carbocycles. The zero-order chi connectivity index (χ0) is 19.4. The second-order valence-corrected chi connectivity index (χ2v) is 7.31. The van der Waals surface area contributed by atoms with Crippen LogP contribution in [0.25, 0.3) is 21.5 Å². The summed E-state index contributed by atoms with van der Waals surface area (Å²) in [6.07, 6.45) is 0. The molecule has 0 aliphatic heterocycles. The molecule has 27 heavy (non-hydrogen) atoms. The van der Waals surface area contributed by atoms with Gasteiger partial charge >= 0.3 is 31.1 Å². The van der Waals surface area contributed by atoms with Gasteiger partial charge in [0.25, 0.3) is 0 Å². The van der Waals surface area contributed by atoms with E-state index in [1.807, 2.05) is 0 Å². The molecule has 0 atom stereocenters. The molecule has 0 spiro atoms. The van der Waals surface area contributed by atoms with Crippen molar-refractivity contribution in [2.75, 3.05) is 0 Å². The molecule has 0 bridgehead atoms. The first-order valence-electron chi connectivity index (χ1n) is 9.14. The fourth-order valence-corrected chi connectivity index (χ4v) is 2.14. The summed E-state index contributed by atoms with van der Waals surface area (Å²) in [5.74, 6) is 2.83. The second-order valence-electron chi connectivity index (χ2n) is 7.31. The van der Waals surface area contributed by atoms with E-state index in [1.165, 1.54) is 33.4 Å². The van der Waals surface area contributed by atoms with E-state index in [0.717, 1.165) is 0 Å². The van der Waals surface area contributed by atoms with E-state index in [-0.39, 0.29) is 31.1 Å². The van der Waals surface area contributed by atoms with E-state index < -0.39 is 0 Å². The average molecular weight is 583 g/mol. The van der Waals surface area contributed by atoms with Crippen LogP contribution in [0.2, 0.25) is 0 Å². The number of benzene rings is 2. The Hall–Kier alpha value is -1.29. The molecule has 0 unspecified atom stereocenters. The molecule has 0 radical (unpaired) electrons. The summed E-state index contributed by atoms with van der Waals surface area (Å²) in [5.41, 5.74) is 0. The van der Waals surface area contributed by atoms with Crippen molar-refractivity contribution in [1.82, 2.24) is 0 Å². The third-order valence-corrected chi connectivity index (χ3v) is 3.10. The van der Waals surface area contributed by atoms with Gasteiger partial charge in [0.05, 0.1) is 0 Å². The molecule has 0 amide bonds. The van der Waals surface area contributed by atoms with Crippen LogP contribution in [0.5, 0.6) is 0 Å². The maximum absolute atomic E-state index is 2.12. The fraction of sp³-hybridized carbons (Fsp3) is 0.231. The van der Waals surface area contributed by atoms with Crippen molar-refractivity contribution in [2.45, 2.75) is 41.5 Å². The van der Waals surface area contributed by atoms with E-state index in [1.54, 1.807) is 0 Å². The zero-order valence-corrected chi connectivity index (χ0v) is 21.7. The normalized spacial score (nSPS) is 9.48. The third kappa shape index (κ3) is 11.9. The number of hydrogen-bond acceptors (Lipinski definition) is 0. The van der Waals surface area contributed by atoms with Crippen LogP contribution in [0.3, 0.4) is 0 Å². The molecule has 0 aliphatic rings. The van der Waals surface area contributed by atoms with Crippen LogP contribution in [-0.2, 0) is 0 Å². The van der Waals surface area contributed by atoms with Gasteiger partial charge in [-0.1, -0.05) is 12.1 Å². The minimum absolute atomic E-state index is 0. The number of hydrogen-bond donors (Lipinski definition) is 0. The third-order valence-electron chi connectivity index (χ3n) is 3.10. The largest absolute Gasteiger partial charge is 4.00 e. The van der Waals surface area contributed by atoms with Crippen LogP contribution in [0.15, 0.2) is 84.9 Å². The first-order chi connectivity index (χ1) is 12.4. The van der Waals surface area contributed by atoms with Gasteiger partial charge in [-0.15, -0.1) is 59.3 Å². The van der Waals surface area contributed by atoms with E-state index in [4.69, 9.17) is 0 Å². The molecule has 1 heteroatoms. The molecule has 4 rings (SSSR count). The molecule has 0 fully saturated rings. The average Bonchev–Trinajstić information content (AvgIpc) is 3.23. The van der Waals surface area contributed by atoms with Gasteiger partial charge in [-0.3, -0.25) is 0 Å². The second kappa shape index (κ2) is 14.7. The number of rotatable bonds is 0. The molecule has 4 aromatic rings. The zero-order valence-electron chi connectivity index (χ0n) is 17.6. The van der Waals surface area contributed by atoms with Crippen molar-refractivity contribution in [3.63, 3.8) is 0 Å². The Morgan fingerprint density at radius 3 is 1.11 bits per heavy atom. The molecular weight excluding hydrogens is 550 g/mol. The molecule has 0 aliphatic carbocycles. The van der Waals surface area contributed by atoms with Crippen LogP contribution >= 0.6 is 0 Å². The Balaban J connectivity index is 0.000000357. The fourth-order valence-electron chi connectivity index (χ4n) is 2.14. The molecule has 140 valence electrons. The van der Waals surface area contributed by atoms with Crippen LogP contribution in [0.4, 0.5) is 0 Å². The predicted molar refractivity (Wildman–Crippen MR) is 120 cm³/mol. The van der Waals surface area contributed by atoms with Crippen LogP contribution in [-0.4, -0.2) is 0 Å². The van der Waals surface area contributed by atoms with Gasteiger partial charge in [-0.2, -0.15) is 76.6 Å². The molecule has 0 N–H and O–H groups in total. The van der Waals surface area contributed by atoms with Crippen LogP contribution < -0.4 is 0 Å². The van der Waals surface area contributed by atoms with Crippen molar-refractivity contribution in [3.05, 3.63) is 96.8 Å². The van der Waals surface area contributed by atoms with Crippen molar-refractivity contribution < 1.29 is 31.1 Å². The van der Waals surface area contributed by atoms with E-state index in [9.17, 15) is 0 Å². The molecule has 0 aromatic heterocycles. The Kier molecular flexibility index (Phi) is 14.0. The van der Waals surface area contributed by atoms with Crippen molar-refractivity contribution >= 4 is 21.5 Å². The summed E-state index contributed by atoms with van der Waals surface area (Å²) in [6.45, 7) is 12.5. The summed E-state index contributed by atoms with van der Waals surface area (Å²) in [5, 5.41) is 5.32. The maximum atomic E-state index is 2.12. The summed E-state index contributed by atoms with van der Waals surface area (Å²) in [4.78, 5) is 0. The van der Waals surface area contributed by atoms with Crippen molar-refractivity contribution in [1.29, 1.82) is 0 Å². The summed E-state index contributed by atoms with van der Waals surface area (Å²) in [7, 11) is 0.